The standard InChI is InChI=1S/C20H26N2O2/c1-13-5-4-10-22(12-13)18(23)9-8-17-11-16-7-6-14(2)15(3)19(16)21-20(17)24/h6-7,11,13H,4-5,8-10,12H2,1-3H3,(H,21,24). The van der Waals surface area contributed by atoms with Crippen LogP contribution in [0, 0.1) is 19.8 Å². The molecule has 24 heavy (non-hydrogen) atoms. The highest BCUT2D eigenvalue weighted by Crippen LogP contribution is 2.20. The summed E-state index contributed by atoms with van der Waals surface area (Å²) in [6, 6.07) is 6.04. The summed E-state index contributed by atoms with van der Waals surface area (Å²) in [6.07, 6.45) is 3.20. The van der Waals surface area contributed by atoms with Crippen LogP contribution >= 0.6 is 0 Å². The number of likely N-dealkylation sites (tertiary alicyclic amines) is 1. The van der Waals surface area contributed by atoms with E-state index in [1.807, 2.05) is 30.9 Å². The molecule has 1 aromatic carbocycles. The van der Waals surface area contributed by atoms with Crippen LogP contribution in [0.4, 0.5) is 0 Å². The number of piperidine rings is 1. The quantitative estimate of drug-likeness (QED) is 0.940. The lowest BCUT2D eigenvalue weighted by Gasteiger charge is -2.31. The summed E-state index contributed by atoms with van der Waals surface area (Å²) in [6.45, 7) is 7.96. The third-order valence-corrected chi connectivity index (χ3v) is 5.25. The van der Waals surface area contributed by atoms with Gasteiger partial charge < -0.3 is 9.88 Å². The van der Waals surface area contributed by atoms with Crippen molar-refractivity contribution in [2.75, 3.05) is 13.1 Å². The molecule has 0 bridgehead atoms. The molecule has 1 saturated heterocycles. The van der Waals surface area contributed by atoms with Crippen molar-refractivity contribution in [3.63, 3.8) is 0 Å². The lowest BCUT2D eigenvalue weighted by molar-refractivity contribution is -0.132. The number of nitrogens with zero attached hydrogens (tertiary/aromatic N) is 1. The van der Waals surface area contributed by atoms with Crippen molar-refractivity contribution >= 4 is 16.8 Å². The lowest BCUT2D eigenvalue weighted by Crippen LogP contribution is -2.39. The number of benzene rings is 1. The van der Waals surface area contributed by atoms with Gasteiger partial charge in [-0.1, -0.05) is 19.1 Å². The normalized spacial score (nSPS) is 18.1. The molecule has 4 nitrogen and oxygen atoms in total. The fourth-order valence-corrected chi connectivity index (χ4v) is 3.57. The Morgan fingerprint density at radius 1 is 1.33 bits per heavy atom. The predicted molar refractivity (Wildman–Crippen MR) is 97.3 cm³/mol. The molecular weight excluding hydrogens is 300 g/mol. The van der Waals surface area contributed by atoms with Gasteiger partial charge in [-0.15, -0.1) is 0 Å². The number of amides is 1. The van der Waals surface area contributed by atoms with Crippen LogP contribution in [0.5, 0.6) is 0 Å². The largest absolute Gasteiger partial charge is 0.342 e. The maximum Gasteiger partial charge on any atom is 0.251 e. The first kappa shape index (κ1) is 16.7. The van der Waals surface area contributed by atoms with Crippen LogP contribution < -0.4 is 5.56 Å². The zero-order chi connectivity index (χ0) is 17.3. The van der Waals surface area contributed by atoms with Crippen LogP contribution in [0.25, 0.3) is 10.9 Å². The summed E-state index contributed by atoms with van der Waals surface area (Å²) in [7, 11) is 0. The van der Waals surface area contributed by atoms with Gasteiger partial charge in [0.1, 0.15) is 0 Å². The molecule has 0 radical (unpaired) electrons. The Morgan fingerprint density at radius 3 is 2.88 bits per heavy atom. The summed E-state index contributed by atoms with van der Waals surface area (Å²) in [5.41, 5.74) is 3.80. The van der Waals surface area contributed by atoms with Crippen molar-refractivity contribution in [3.8, 4) is 0 Å². The molecule has 2 aromatic rings. The van der Waals surface area contributed by atoms with Gasteiger partial charge in [-0.25, -0.2) is 0 Å². The highest BCUT2D eigenvalue weighted by molar-refractivity contribution is 5.83. The van der Waals surface area contributed by atoms with E-state index in [1.165, 1.54) is 12.0 Å². The Bertz CT molecular complexity index is 822. The number of hydrogen-bond acceptors (Lipinski definition) is 2. The van der Waals surface area contributed by atoms with Crippen LogP contribution in [-0.2, 0) is 11.2 Å². The summed E-state index contributed by atoms with van der Waals surface area (Å²) in [5, 5.41) is 1.03. The Hall–Kier alpha value is -2.10. The number of carbonyl (C=O) groups is 1. The molecule has 1 aliphatic rings. The highest BCUT2D eigenvalue weighted by Gasteiger charge is 2.20. The van der Waals surface area contributed by atoms with Gasteiger partial charge in [0.25, 0.3) is 5.56 Å². The fourth-order valence-electron chi connectivity index (χ4n) is 3.57. The van der Waals surface area contributed by atoms with E-state index in [4.69, 9.17) is 0 Å². The van der Waals surface area contributed by atoms with Gasteiger partial charge in [-0.3, -0.25) is 9.59 Å². The molecule has 1 N–H and O–H groups in total. The SMILES string of the molecule is Cc1ccc2cc(CCC(=O)N3CCCC(C)C3)c(=O)[nH]c2c1C. The molecule has 1 amide bonds. The van der Waals surface area contributed by atoms with E-state index < -0.39 is 0 Å². The molecule has 0 aliphatic carbocycles. The summed E-state index contributed by atoms with van der Waals surface area (Å²) >= 11 is 0. The number of nitrogens with one attached hydrogen (secondary N) is 1. The number of rotatable bonds is 3. The summed E-state index contributed by atoms with van der Waals surface area (Å²) in [5.74, 6) is 0.749. The van der Waals surface area contributed by atoms with Crippen LogP contribution in [-0.4, -0.2) is 28.9 Å². The number of carbonyl (C=O) groups excluding carboxylic acids is 1. The van der Waals surface area contributed by atoms with Crippen molar-refractivity contribution in [1.29, 1.82) is 0 Å². The molecule has 1 fully saturated rings. The van der Waals surface area contributed by atoms with Gasteiger partial charge in [0.2, 0.25) is 5.91 Å². The molecule has 1 unspecified atom stereocenters. The molecule has 4 heteroatoms. The molecule has 1 atom stereocenters. The van der Waals surface area contributed by atoms with E-state index in [1.54, 1.807) is 0 Å². The molecule has 1 aliphatic heterocycles. The van der Waals surface area contributed by atoms with Crippen molar-refractivity contribution < 1.29 is 4.79 Å². The van der Waals surface area contributed by atoms with Crippen molar-refractivity contribution in [1.82, 2.24) is 9.88 Å². The van der Waals surface area contributed by atoms with E-state index in [2.05, 4.69) is 18.0 Å². The molecule has 3 rings (SSSR count). The molecule has 1 aromatic heterocycles. The summed E-state index contributed by atoms with van der Waals surface area (Å²) < 4.78 is 0. The third kappa shape index (κ3) is 3.37. The first-order valence-corrected chi connectivity index (χ1v) is 8.85. The van der Waals surface area contributed by atoms with Crippen molar-refractivity contribution in [2.45, 2.75) is 46.5 Å². The smallest absolute Gasteiger partial charge is 0.251 e. The fraction of sp³-hybridized carbons (Fsp3) is 0.500. The van der Waals surface area contributed by atoms with Crippen LogP contribution in [0.3, 0.4) is 0 Å². The van der Waals surface area contributed by atoms with Crippen LogP contribution in [0.2, 0.25) is 0 Å². The van der Waals surface area contributed by atoms with Crippen LogP contribution in [0.15, 0.2) is 23.0 Å². The minimum absolute atomic E-state index is 0.0731. The van der Waals surface area contributed by atoms with E-state index in [0.717, 1.165) is 36.0 Å². The molecule has 0 spiro atoms. The number of aryl methyl sites for hydroxylation is 3. The number of fused-ring (bicyclic) bond motifs is 1. The predicted octanol–water partition coefficient (Wildman–Crippen LogP) is 3.34. The van der Waals surface area contributed by atoms with Crippen molar-refractivity contribution in [3.05, 3.63) is 45.2 Å². The minimum Gasteiger partial charge on any atom is -0.342 e. The second kappa shape index (κ2) is 6.80. The lowest BCUT2D eigenvalue weighted by atomic mass is 9.99. The average Bonchev–Trinajstić information content (AvgIpc) is 2.57. The van der Waals surface area contributed by atoms with Gasteiger partial charge >= 0.3 is 0 Å². The van der Waals surface area contributed by atoms with E-state index >= 15 is 0 Å². The Kier molecular flexibility index (Phi) is 4.74. The summed E-state index contributed by atoms with van der Waals surface area (Å²) in [4.78, 5) is 29.7. The Labute approximate surface area is 142 Å². The maximum absolute atomic E-state index is 12.4. The van der Waals surface area contributed by atoms with E-state index in [0.29, 0.717) is 24.3 Å². The first-order chi connectivity index (χ1) is 11.5. The number of aromatic amines is 1. The molecule has 128 valence electrons. The van der Waals surface area contributed by atoms with E-state index in [-0.39, 0.29) is 11.5 Å². The maximum atomic E-state index is 12.4. The Balaban J connectivity index is 1.76. The second-order valence-corrected chi connectivity index (χ2v) is 7.18. The Morgan fingerprint density at radius 2 is 2.12 bits per heavy atom. The highest BCUT2D eigenvalue weighted by atomic mass is 16.2. The van der Waals surface area contributed by atoms with E-state index in [9.17, 15) is 9.59 Å². The average molecular weight is 326 g/mol. The van der Waals surface area contributed by atoms with Crippen LogP contribution in [0.1, 0.15) is 42.9 Å². The molecule has 2 heterocycles. The van der Waals surface area contributed by atoms with Gasteiger partial charge in [0, 0.05) is 25.1 Å². The number of pyridine rings is 1. The number of aromatic nitrogens is 1. The third-order valence-electron chi connectivity index (χ3n) is 5.25. The van der Waals surface area contributed by atoms with Gasteiger partial charge in [-0.05, 0) is 61.6 Å². The topological polar surface area (TPSA) is 53.2 Å². The molecule has 0 saturated carbocycles. The van der Waals surface area contributed by atoms with Gasteiger partial charge in [0.05, 0.1) is 5.52 Å². The second-order valence-electron chi connectivity index (χ2n) is 7.18. The van der Waals surface area contributed by atoms with Gasteiger partial charge in [-0.2, -0.15) is 0 Å². The number of H-pyrrole nitrogens is 1. The van der Waals surface area contributed by atoms with Crippen molar-refractivity contribution in [2.24, 2.45) is 5.92 Å². The zero-order valence-electron chi connectivity index (χ0n) is 14.8. The minimum atomic E-state index is -0.0731. The monoisotopic (exact) mass is 326 g/mol. The number of hydrogen-bond donors (Lipinski definition) is 1. The first-order valence-electron chi connectivity index (χ1n) is 8.85. The molecular formula is C20H26N2O2. The zero-order valence-corrected chi connectivity index (χ0v) is 14.8. The van der Waals surface area contributed by atoms with Gasteiger partial charge in [0.15, 0.2) is 0 Å².